The third-order valence-electron chi connectivity index (χ3n) is 2.76. The Bertz CT molecular complexity index is 719. The maximum absolute atomic E-state index is 12.2. The van der Waals surface area contributed by atoms with Gasteiger partial charge in [-0.05, 0) is 41.7 Å². The van der Waals surface area contributed by atoms with Crippen LogP contribution in [0.15, 0.2) is 47.1 Å². The topological polar surface area (TPSA) is 44.2 Å². The quantitative estimate of drug-likeness (QED) is 0.512. The minimum absolute atomic E-state index is 0.410. The zero-order valence-electron chi connectivity index (χ0n) is 9.67. The Morgan fingerprint density at radius 2 is 1.89 bits per heavy atom. The van der Waals surface area contributed by atoms with E-state index in [0.717, 1.165) is 20.4 Å². The lowest BCUT2D eigenvalue weighted by molar-refractivity contribution is -0.667. The molecule has 0 spiro atoms. The number of rotatable bonds is 1. The molecular weight excluding hydrogens is 294 g/mol. The van der Waals surface area contributed by atoms with Crippen LogP contribution in [0.5, 0.6) is 0 Å². The second-order valence-corrected chi connectivity index (χ2v) is 5.04. The van der Waals surface area contributed by atoms with Crippen molar-refractivity contribution in [2.45, 2.75) is 6.92 Å². The molecule has 2 heterocycles. The van der Waals surface area contributed by atoms with Crippen molar-refractivity contribution in [3.8, 4) is 11.4 Å². The fraction of sp³-hybridized carbons (Fsp3) is 0.0769. The Morgan fingerprint density at radius 3 is 2.61 bits per heavy atom. The molecule has 0 fully saturated rings. The van der Waals surface area contributed by atoms with Crippen molar-refractivity contribution in [2.75, 3.05) is 0 Å². The maximum atomic E-state index is 12.2. The van der Waals surface area contributed by atoms with E-state index >= 15 is 0 Å². The van der Waals surface area contributed by atoms with E-state index in [0.29, 0.717) is 11.5 Å². The van der Waals surface area contributed by atoms with E-state index in [4.69, 9.17) is 0 Å². The van der Waals surface area contributed by atoms with Gasteiger partial charge in [-0.1, -0.05) is 22.0 Å². The van der Waals surface area contributed by atoms with Gasteiger partial charge in [-0.3, -0.25) is 0 Å². The summed E-state index contributed by atoms with van der Waals surface area (Å²) in [4.78, 5) is 5.16. The molecule has 0 N–H and O–H groups in total. The fourth-order valence-corrected chi connectivity index (χ4v) is 2.11. The van der Waals surface area contributed by atoms with Crippen LogP contribution in [0.4, 0.5) is 0 Å². The van der Waals surface area contributed by atoms with Gasteiger partial charge in [0, 0.05) is 10.5 Å². The van der Waals surface area contributed by atoms with Crippen LogP contribution >= 0.6 is 15.9 Å². The van der Waals surface area contributed by atoms with Crippen molar-refractivity contribution in [1.82, 2.24) is 9.50 Å². The molecule has 0 aliphatic heterocycles. The van der Waals surface area contributed by atoms with E-state index in [1.54, 1.807) is 6.20 Å². The number of hydrogen-bond donors (Lipinski definition) is 0. The van der Waals surface area contributed by atoms with Crippen LogP contribution in [0.2, 0.25) is 0 Å². The second-order valence-electron chi connectivity index (χ2n) is 4.12. The summed E-state index contributed by atoms with van der Waals surface area (Å²) in [5.41, 5.74) is 2.47. The van der Waals surface area contributed by atoms with Gasteiger partial charge in [0.2, 0.25) is 0 Å². The number of nitrogens with zero attached hydrogens (tertiary/aromatic N) is 3. The van der Waals surface area contributed by atoms with Gasteiger partial charge in [-0.2, -0.15) is 0 Å². The molecular formula is C13H10BrN3O. The van der Waals surface area contributed by atoms with Gasteiger partial charge in [0.05, 0.1) is 11.8 Å². The third kappa shape index (κ3) is 1.76. The van der Waals surface area contributed by atoms with E-state index < -0.39 is 0 Å². The highest BCUT2D eigenvalue weighted by atomic mass is 79.9. The van der Waals surface area contributed by atoms with Crippen LogP contribution in [-0.4, -0.2) is 9.50 Å². The van der Waals surface area contributed by atoms with Gasteiger partial charge in [0.15, 0.2) is 0 Å². The highest BCUT2D eigenvalue weighted by molar-refractivity contribution is 9.10. The van der Waals surface area contributed by atoms with Crippen molar-refractivity contribution >= 4 is 21.6 Å². The molecule has 3 rings (SSSR count). The van der Waals surface area contributed by atoms with Crippen LogP contribution in [-0.2, 0) is 0 Å². The van der Waals surface area contributed by atoms with Gasteiger partial charge >= 0.3 is 5.82 Å². The molecule has 0 amide bonds. The number of pyridine rings is 1. The zero-order valence-corrected chi connectivity index (χ0v) is 11.3. The Morgan fingerprint density at radius 1 is 1.17 bits per heavy atom. The predicted octanol–water partition coefficient (Wildman–Crippen LogP) is 2.71. The Kier molecular flexibility index (Phi) is 2.56. The molecule has 1 aromatic carbocycles. The van der Waals surface area contributed by atoms with Crippen molar-refractivity contribution in [3.63, 3.8) is 0 Å². The summed E-state index contributed by atoms with van der Waals surface area (Å²) in [6.45, 7) is 1.94. The monoisotopic (exact) mass is 303 g/mol. The molecule has 0 unspecified atom stereocenters. The molecule has 4 nitrogen and oxygen atoms in total. The summed E-state index contributed by atoms with van der Waals surface area (Å²) < 4.78 is 2.48. The second kappa shape index (κ2) is 4.10. The fourth-order valence-electron chi connectivity index (χ4n) is 1.85. The first-order valence-electron chi connectivity index (χ1n) is 5.49. The van der Waals surface area contributed by atoms with Gasteiger partial charge in [0.1, 0.15) is 0 Å². The minimum Gasteiger partial charge on any atom is -0.692 e. The molecule has 2 aromatic heterocycles. The first-order valence-corrected chi connectivity index (χ1v) is 6.29. The van der Waals surface area contributed by atoms with Gasteiger partial charge in [-0.15, -0.1) is 9.36 Å². The molecule has 0 saturated carbocycles. The number of benzene rings is 1. The van der Waals surface area contributed by atoms with Crippen LogP contribution in [0.1, 0.15) is 5.56 Å². The number of aryl methyl sites for hydroxylation is 1. The van der Waals surface area contributed by atoms with Gasteiger partial charge in [0.25, 0.3) is 5.65 Å². The van der Waals surface area contributed by atoms with E-state index in [1.165, 1.54) is 4.52 Å². The molecule has 0 aliphatic rings. The van der Waals surface area contributed by atoms with Crippen LogP contribution in [0.25, 0.3) is 17.0 Å². The Balaban J connectivity index is 2.23. The normalized spacial score (nSPS) is 11.0. The average molecular weight is 304 g/mol. The number of fused-ring (bicyclic) bond motifs is 1. The van der Waals surface area contributed by atoms with Crippen molar-refractivity contribution in [1.29, 1.82) is 0 Å². The molecule has 18 heavy (non-hydrogen) atoms. The molecule has 0 radical (unpaired) electrons. The highest BCUT2D eigenvalue weighted by Crippen LogP contribution is 2.18. The standard InChI is InChI=1S/C13H10BrN3O/c1-9-2-7-12-15-13(17(18)16(12)8-9)10-3-5-11(14)6-4-10/h2-8H,1H3. The molecule has 0 atom stereocenters. The molecule has 90 valence electrons. The molecule has 0 bridgehead atoms. The van der Waals surface area contributed by atoms with Crippen LogP contribution in [0.3, 0.4) is 0 Å². The summed E-state index contributed by atoms with van der Waals surface area (Å²) in [6.07, 6.45) is 1.78. The highest BCUT2D eigenvalue weighted by Gasteiger charge is 2.17. The minimum atomic E-state index is 0.410. The van der Waals surface area contributed by atoms with E-state index in [-0.39, 0.29) is 0 Å². The largest absolute Gasteiger partial charge is 0.692 e. The SMILES string of the molecule is Cc1ccc2nc(-c3ccc(Br)cc3)[n+]([O-])n2c1. The summed E-state index contributed by atoms with van der Waals surface area (Å²) in [6, 6.07) is 11.3. The first kappa shape index (κ1) is 11.2. The van der Waals surface area contributed by atoms with Gasteiger partial charge < -0.3 is 5.21 Å². The number of hydrogen-bond acceptors (Lipinski definition) is 2. The lowest BCUT2D eigenvalue weighted by Gasteiger charge is -2.02. The smallest absolute Gasteiger partial charge is 0.355 e. The summed E-state index contributed by atoms with van der Waals surface area (Å²) in [7, 11) is 0. The van der Waals surface area contributed by atoms with Crippen molar-refractivity contribution < 1.29 is 4.85 Å². The van der Waals surface area contributed by atoms with Crippen LogP contribution < -0.4 is 4.85 Å². The number of halogens is 1. The summed E-state index contributed by atoms with van der Waals surface area (Å²) in [5.74, 6) is 0.410. The van der Waals surface area contributed by atoms with E-state index in [9.17, 15) is 5.21 Å². The van der Waals surface area contributed by atoms with Crippen molar-refractivity contribution in [3.05, 3.63) is 57.8 Å². The van der Waals surface area contributed by atoms with Gasteiger partial charge in [-0.25, -0.2) is 0 Å². The zero-order chi connectivity index (χ0) is 12.7. The van der Waals surface area contributed by atoms with E-state index in [2.05, 4.69) is 20.9 Å². The maximum Gasteiger partial charge on any atom is 0.355 e. The average Bonchev–Trinajstić information content (AvgIpc) is 2.68. The lowest BCUT2D eigenvalue weighted by Crippen LogP contribution is -2.34. The predicted molar refractivity (Wildman–Crippen MR) is 72.0 cm³/mol. The third-order valence-corrected chi connectivity index (χ3v) is 3.28. The summed E-state index contributed by atoms with van der Waals surface area (Å²) >= 11 is 3.37. The Labute approximate surface area is 112 Å². The number of aromatic nitrogens is 3. The molecule has 0 saturated heterocycles. The summed E-state index contributed by atoms with van der Waals surface area (Å²) in [5, 5.41) is 12.2. The first-order chi connectivity index (χ1) is 8.65. The molecule has 5 heteroatoms. The molecule has 0 aliphatic carbocycles. The van der Waals surface area contributed by atoms with Crippen LogP contribution in [0, 0.1) is 12.1 Å². The van der Waals surface area contributed by atoms with Crippen molar-refractivity contribution in [2.24, 2.45) is 0 Å². The lowest BCUT2D eigenvalue weighted by atomic mass is 10.2. The Hall–Kier alpha value is -1.88. The van der Waals surface area contributed by atoms with E-state index in [1.807, 2.05) is 43.3 Å². The molecule has 3 aromatic rings.